The Morgan fingerprint density at radius 1 is 1.31 bits per heavy atom. The lowest BCUT2D eigenvalue weighted by Crippen LogP contribution is -2.14. The fourth-order valence-corrected chi connectivity index (χ4v) is 2.13. The smallest absolute Gasteiger partial charge is 0.223 e. The number of nitrogens with two attached hydrogens (primary N) is 1. The van der Waals surface area contributed by atoms with Crippen molar-refractivity contribution >= 4 is 39.9 Å². The van der Waals surface area contributed by atoms with Gasteiger partial charge >= 0.3 is 0 Å². The Morgan fingerprint density at radius 3 is 2.75 bits per heavy atom. The van der Waals surface area contributed by atoms with Crippen LogP contribution in [0.2, 0.25) is 10.0 Å². The SMILES string of the molecule is NC(=O)Cc1nccc2c(Cl)cc(Cl)cc12. The summed E-state index contributed by atoms with van der Waals surface area (Å²) in [6, 6.07) is 5.16. The average Bonchev–Trinajstić information content (AvgIpc) is 2.18. The number of hydrogen-bond donors (Lipinski definition) is 1. The van der Waals surface area contributed by atoms with E-state index in [0.717, 1.165) is 10.8 Å². The standard InChI is InChI=1S/C11H8Cl2N2O/c12-6-3-8-7(9(13)4-6)1-2-15-10(8)5-11(14)16/h1-4H,5H2,(H2,14,16). The van der Waals surface area contributed by atoms with Crippen LogP contribution in [-0.4, -0.2) is 10.9 Å². The fraction of sp³-hybridized carbons (Fsp3) is 0.0909. The number of pyridine rings is 1. The van der Waals surface area contributed by atoms with Crippen molar-refractivity contribution in [3.8, 4) is 0 Å². The maximum absolute atomic E-state index is 10.9. The van der Waals surface area contributed by atoms with Crippen LogP contribution in [0, 0.1) is 0 Å². The molecule has 0 saturated heterocycles. The highest BCUT2D eigenvalue weighted by Gasteiger charge is 2.08. The third-order valence-electron chi connectivity index (χ3n) is 2.22. The number of nitrogens with zero attached hydrogens (tertiary/aromatic N) is 1. The number of rotatable bonds is 2. The highest BCUT2D eigenvalue weighted by Crippen LogP contribution is 2.29. The van der Waals surface area contributed by atoms with Gasteiger partial charge in [0.15, 0.2) is 0 Å². The predicted molar refractivity (Wildman–Crippen MR) is 64.7 cm³/mol. The Balaban J connectivity index is 2.71. The van der Waals surface area contributed by atoms with E-state index in [9.17, 15) is 4.79 Å². The Hall–Kier alpha value is -1.32. The lowest BCUT2D eigenvalue weighted by molar-refractivity contribution is -0.117. The van der Waals surface area contributed by atoms with E-state index in [1.807, 2.05) is 0 Å². The molecule has 0 atom stereocenters. The van der Waals surface area contributed by atoms with Gasteiger partial charge in [0, 0.05) is 27.0 Å². The number of amides is 1. The van der Waals surface area contributed by atoms with Crippen LogP contribution in [0.5, 0.6) is 0 Å². The van der Waals surface area contributed by atoms with E-state index in [0.29, 0.717) is 15.7 Å². The average molecular weight is 255 g/mol. The van der Waals surface area contributed by atoms with E-state index in [4.69, 9.17) is 28.9 Å². The molecule has 0 aliphatic heterocycles. The summed E-state index contributed by atoms with van der Waals surface area (Å²) in [7, 11) is 0. The number of benzene rings is 1. The molecule has 0 aliphatic carbocycles. The molecule has 3 nitrogen and oxygen atoms in total. The molecule has 5 heteroatoms. The Labute approximate surface area is 102 Å². The molecule has 2 aromatic rings. The zero-order valence-corrected chi connectivity index (χ0v) is 9.72. The third kappa shape index (κ3) is 2.10. The Kier molecular flexibility index (Phi) is 2.99. The maximum Gasteiger partial charge on any atom is 0.223 e. The van der Waals surface area contributed by atoms with Gasteiger partial charge in [-0.25, -0.2) is 0 Å². The second-order valence-electron chi connectivity index (χ2n) is 3.38. The van der Waals surface area contributed by atoms with Crippen LogP contribution in [0.15, 0.2) is 24.4 Å². The molecule has 0 aliphatic rings. The molecule has 16 heavy (non-hydrogen) atoms. The highest BCUT2D eigenvalue weighted by atomic mass is 35.5. The van der Waals surface area contributed by atoms with Crippen LogP contribution in [0.3, 0.4) is 0 Å². The molecule has 0 fully saturated rings. The van der Waals surface area contributed by atoms with Gasteiger partial charge < -0.3 is 5.73 Å². The summed E-state index contributed by atoms with van der Waals surface area (Å²) in [6.45, 7) is 0. The van der Waals surface area contributed by atoms with Crippen molar-refractivity contribution in [2.75, 3.05) is 0 Å². The van der Waals surface area contributed by atoms with Crippen LogP contribution in [0.1, 0.15) is 5.69 Å². The number of halogens is 2. The number of carbonyl (C=O) groups is 1. The monoisotopic (exact) mass is 254 g/mol. The second-order valence-corrected chi connectivity index (χ2v) is 4.23. The minimum atomic E-state index is -0.434. The summed E-state index contributed by atoms with van der Waals surface area (Å²) in [5.41, 5.74) is 5.74. The third-order valence-corrected chi connectivity index (χ3v) is 2.75. The molecule has 0 bridgehead atoms. The molecular weight excluding hydrogens is 247 g/mol. The molecule has 0 saturated carbocycles. The normalized spacial score (nSPS) is 10.6. The van der Waals surface area contributed by atoms with E-state index in [1.54, 1.807) is 24.4 Å². The lowest BCUT2D eigenvalue weighted by Gasteiger charge is -2.05. The Morgan fingerprint density at radius 2 is 2.06 bits per heavy atom. The van der Waals surface area contributed by atoms with Gasteiger partial charge in [-0.2, -0.15) is 0 Å². The first kappa shape index (κ1) is 11.2. The molecule has 1 heterocycles. The molecule has 0 spiro atoms. The van der Waals surface area contributed by atoms with E-state index >= 15 is 0 Å². The van der Waals surface area contributed by atoms with Crippen LogP contribution in [-0.2, 0) is 11.2 Å². The van der Waals surface area contributed by atoms with Crippen molar-refractivity contribution in [2.45, 2.75) is 6.42 Å². The lowest BCUT2D eigenvalue weighted by atomic mass is 10.1. The summed E-state index contributed by atoms with van der Waals surface area (Å²) in [5, 5.41) is 2.63. The van der Waals surface area contributed by atoms with Gasteiger partial charge in [0.2, 0.25) is 5.91 Å². The van der Waals surface area contributed by atoms with Crippen molar-refractivity contribution in [3.63, 3.8) is 0 Å². The van der Waals surface area contributed by atoms with Gasteiger partial charge in [-0.05, 0) is 18.2 Å². The first-order valence-electron chi connectivity index (χ1n) is 4.59. The van der Waals surface area contributed by atoms with Crippen LogP contribution < -0.4 is 5.73 Å². The van der Waals surface area contributed by atoms with Crippen molar-refractivity contribution in [3.05, 3.63) is 40.1 Å². The largest absolute Gasteiger partial charge is 0.369 e. The number of aromatic nitrogens is 1. The molecular formula is C11H8Cl2N2O. The minimum Gasteiger partial charge on any atom is -0.369 e. The molecule has 0 unspecified atom stereocenters. The van der Waals surface area contributed by atoms with Gasteiger partial charge in [-0.15, -0.1) is 0 Å². The molecule has 82 valence electrons. The predicted octanol–water partition coefficient (Wildman–Crippen LogP) is 2.57. The zero-order valence-electron chi connectivity index (χ0n) is 8.21. The number of fused-ring (bicyclic) bond motifs is 1. The summed E-state index contributed by atoms with van der Waals surface area (Å²) in [5.74, 6) is -0.434. The Bertz CT molecular complexity index is 569. The quantitative estimate of drug-likeness (QED) is 0.896. The van der Waals surface area contributed by atoms with Crippen molar-refractivity contribution < 1.29 is 4.79 Å². The van der Waals surface area contributed by atoms with Crippen molar-refractivity contribution in [1.82, 2.24) is 4.98 Å². The van der Waals surface area contributed by atoms with Crippen molar-refractivity contribution in [2.24, 2.45) is 5.73 Å². The zero-order chi connectivity index (χ0) is 11.7. The molecule has 0 radical (unpaired) electrons. The molecule has 2 rings (SSSR count). The van der Waals surface area contributed by atoms with Gasteiger partial charge in [0.05, 0.1) is 12.1 Å². The topological polar surface area (TPSA) is 56.0 Å². The second kappa shape index (κ2) is 4.28. The highest BCUT2D eigenvalue weighted by molar-refractivity contribution is 6.38. The van der Waals surface area contributed by atoms with E-state index in [1.165, 1.54) is 0 Å². The molecule has 1 aromatic heterocycles. The maximum atomic E-state index is 10.9. The van der Waals surface area contributed by atoms with Crippen LogP contribution >= 0.6 is 23.2 Å². The summed E-state index contributed by atoms with van der Waals surface area (Å²) in [6.07, 6.45) is 1.68. The fourth-order valence-electron chi connectivity index (χ4n) is 1.57. The minimum absolute atomic E-state index is 0.0774. The number of primary amides is 1. The number of hydrogen-bond acceptors (Lipinski definition) is 2. The van der Waals surface area contributed by atoms with E-state index in [-0.39, 0.29) is 6.42 Å². The van der Waals surface area contributed by atoms with Crippen LogP contribution in [0.4, 0.5) is 0 Å². The summed E-state index contributed by atoms with van der Waals surface area (Å²) in [4.78, 5) is 15.0. The first-order valence-corrected chi connectivity index (χ1v) is 5.34. The van der Waals surface area contributed by atoms with Gasteiger partial charge in [-0.1, -0.05) is 23.2 Å². The number of carbonyl (C=O) groups excluding carboxylic acids is 1. The van der Waals surface area contributed by atoms with Gasteiger partial charge in [-0.3, -0.25) is 9.78 Å². The molecule has 2 N–H and O–H groups in total. The van der Waals surface area contributed by atoms with E-state index < -0.39 is 5.91 Å². The molecule has 1 amide bonds. The first-order chi connectivity index (χ1) is 7.58. The summed E-state index contributed by atoms with van der Waals surface area (Å²) >= 11 is 11.9. The van der Waals surface area contributed by atoms with Gasteiger partial charge in [0.1, 0.15) is 0 Å². The summed E-state index contributed by atoms with van der Waals surface area (Å²) < 4.78 is 0. The van der Waals surface area contributed by atoms with Crippen molar-refractivity contribution in [1.29, 1.82) is 0 Å². The van der Waals surface area contributed by atoms with E-state index in [2.05, 4.69) is 4.98 Å². The molecule has 1 aromatic carbocycles. The van der Waals surface area contributed by atoms with Gasteiger partial charge in [0.25, 0.3) is 0 Å². The van der Waals surface area contributed by atoms with Crippen LogP contribution in [0.25, 0.3) is 10.8 Å².